The van der Waals surface area contributed by atoms with Gasteiger partial charge in [-0.2, -0.15) is 0 Å². The lowest BCUT2D eigenvalue weighted by Crippen LogP contribution is -2.38. The number of nitrogens with zero attached hydrogens (tertiary/aromatic N) is 1. The fraction of sp³-hybridized carbons (Fsp3) is 0.211. The number of hydrogen-bond acceptors (Lipinski definition) is 3. The van der Waals surface area contributed by atoms with E-state index < -0.39 is 12.0 Å². The van der Waals surface area contributed by atoms with E-state index in [2.05, 4.69) is 30.5 Å². The molecule has 1 aliphatic rings. The van der Waals surface area contributed by atoms with Gasteiger partial charge >= 0.3 is 5.97 Å². The number of carboxylic acids is 1. The van der Waals surface area contributed by atoms with Gasteiger partial charge in [0, 0.05) is 23.4 Å². The van der Waals surface area contributed by atoms with Gasteiger partial charge in [0.1, 0.15) is 6.04 Å². The van der Waals surface area contributed by atoms with Crippen LogP contribution in [-0.2, 0) is 17.8 Å². The van der Waals surface area contributed by atoms with Crippen molar-refractivity contribution in [1.29, 1.82) is 0 Å². The van der Waals surface area contributed by atoms with E-state index in [9.17, 15) is 9.90 Å². The number of anilines is 1. The molecule has 2 aromatic carbocycles. The second kappa shape index (κ2) is 5.39. The Bertz CT molecular complexity index is 899. The fourth-order valence-electron chi connectivity index (χ4n) is 3.37. The van der Waals surface area contributed by atoms with Crippen molar-refractivity contribution in [2.45, 2.75) is 25.9 Å². The standard InChI is InChI=1S/C19H17NO2S/c1-12-6-7-18-15(8-12)14(11-23-18)10-20-16-5-3-2-4-13(16)9-17(20)19(21)22/h2-8,11,17H,9-10H2,1H3,(H,21,22). The molecule has 1 atom stereocenters. The normalized spacial score (nSPS) is 16.7. The maximum absolute atomic E-state index is 11.7. The highest BCUT2D eigenvalue weighted by Gasteiger charge is 2.34. The molecule has 4 heteroatoms. The summed E-state index contributed by atoms with van der Waals surface area (Å²) in [5.41, 5.74) is 4.60. The van der Waals surface area contributed by atoms with Gasteiger partial charge in [0.15, 0.2) is 0 Å². The summed E-state index contributed by atoms with van der Waals surface area (Å²) in [6, 6.07) is 14.0. The number of aliphatic carboxylic acids is 1. The van der Waals surface area contributed by atoms with Crippen LogP contribution in [0.4, 0.5) is 5.69 Å². The molecule has 0 radical (unpaired) electrons. The summed E-state index contributed by atoms with van der Waals surface area (Å²) in [5.74, 6) is -0.753. The van der Waals surface area contributed by atoms with Gasteiger partial charge in [-0.3, -0.25) is 0 Å². The summed E-state index contributed by atoms with van der Waals surface area (Å²) in [5, 5.41) is 13.0. The van der Waals surface area contributed by atoms with Crippen molar-refractivity contribution in [1.82, 2.24) is 0 Å². The van der Waals surface area contributed by atoms with Gasteiger partial charge in [0.25, 0.3) is 0 Å². The average Bonchev–Trinajstić information content (AvgIpc) is 3.10. The minimum atomic E-state index is -0.753. The highest BCUT2D eigenvalue weighted by molar-refractivity contribution is 7.17. The molecule has 1 unspecified atom stereocenters. The SMILES string of the molecule is Cc1ccc2scc(CN3c4ccccc4CC3C(=O)O)c2c1. The highest BCUT2D eigenvalue weighted by Crippen LogP contribution is 2.36. The van der Waals surface area contributed by atoms with E-state index in [-0.39, 0.29) is 0 Å². The maximum Gasteiger partial charge on any atom is 0.326 e. The monoisotopic (exact) mass is 323 g/mol. The number of aryl methyl sites for hydroxylation is 1. The van der Waals surface area contributed by atoms with Crippen LogP contribution in [0.3, 0.4) is 0 Å². The zero-order chi connectivity index (χ0) is 16.0. The molecule has 4 rings (SSSR count). The second-order valence-corrected chi connectivity index (χ2v) is 6.99. The van der Waals surface area contributed by atoms with Crippen molar-refractivity contribution >= 4 is 33.1 Å². The third-order valence-corrected chi connectivity index (χ3v) is 5.54. The van der Waals surface area contributed by atoms with E-state index >= 15 is 0 Å². The highest BCUT2D eigenvalue weighted by atomic mass is 32.1. The first-order valence-electron chi connectivity index (χ1n) is 7.67. The molecule has 1 N–H and O–H groups in total. The van der Waals surface area contributed by atoms with Gasteiger partial charge in [0.05, 0.1) is 0 Å². The summed E-state index contributed by atoms with van der Waals surface area (Å²) in [4.78, 5) is 13.7. The summed E-state index contributed by atoms with van der Waals surface area (Å²) < 4.78 is 1.25. The van der Waals surface area contributed by atoms with Gasteiger partial charge in [0.2, 0.25) is 0 Å². The number of hydrogen-bond donors (Lipinski definition) is 1. The van der Waals surface area contributed by atoms with Crippen LogP contribution < -0.4 is 4.90 Å². The first-order chi connectivity index (χ1) is 11.1. The Balaban J connectivity index is 1.76. The topological polar surface area (TPSA) is 40.5 Å². The Kier molecular flexibility index (Phi) is 3.34. The quantitative estimate of drug-likeness (QED) is 0.784. The molecule has 1 aliphatic heterocycles. The second-order valence-electron chi connectivity index (χ2n) is 6.08. The number of thiophene rings is 1. The lowest BCUT2D eigenvalue weighted by atomic mass is 10.1. The lowest BCUT2D eigenvalue weighted by molar-refractivity contribution is -0.138. The average molecular weight is 323 g/mol. The zero-order valence-electron chi connectivity index (χ0n) is 12.8. The molecule has 0 spiro atoms. The molecule has 0 bridgehead atoms. The molecule has 0 fully saturated rings. The van der Waals surface area contributed by atoms with Crippen molar-refractivity contribution in [2.75, 3.05) is 4.90 Å². The van der Waals surface area contributed by atoms with E-state index in [1.807, 2.05) is 29.2 Å². The van der Waals surface area contributed by atoms with Crippen LogP contribution in [0.1, 0.15) is 16.7 Å². The smallest absolute Gasteiger partial charge is 0.326 e. The van der Waals surface area contributed by atoms with Crippen molar-refractivity contribution in [3.8, 4) is 0 Å². The molecule has 3 aromatic rings. The number of carboxylic acid groups (broad SMARTS) is 1. The first-order valence-corrected chi connectivity index (χ1v) is 8.55. The van der Waals surface area contributed by atoms with Crippen LogP contribution in [0.15, 0.2) is 47.8 Å². The van der Waals surface area contributed by atoms with Gasteiger partial charge in [-0.25, -0.2) is 4.79 Å². The molecule has 1 aromatic heterocycles. The van der Waals surface area contributed by atoms with E-state index in [1.54, 1.807) is 11.3 Å². The van der Waals surface area contributed by atoms with E-state index in [4.69, 9.17) is 0 Å². The molecular formula is C19H17NO2S. The molecular weight excluding hydrogens is 306 g/mol. The molecule has 23 heavy (non-hydrogen) atoms. The Morgan fingerprint density at radius 3 is 2.96 bits per heavy atom. The van der Waals surface area contributed by atoms with Crippen LogP contribution in [0.2, 0.25) is 0 Å². The van der Waals surface area contributed by atoms with Gasteiger partial charge < -0.3 is 10.0 Å². The number of carbonyl (C=O) groups is 1. The van der Waals surface area contributed by atoms with Crippen molar-refractivity contribution in [3.63, 3.8) is 0 Å². The fourth-order valence-corrected chi connectivity index (χ4v) is 4.30. The largest absolute Gasteiger partial charge is 0.480 e. The van der Waals surface area contributed by atoms with Crippen LogP contribution in [0.5, 0.6) is 0 Å². The predicted octanol–water partition coefficient (Wildman–Crippen LogP) is 4.23. The van der Waals surface area contributed by atoms with Gasteiger partial charge in [-0.15, -0.1) is 11.3 Å². The summed E-state index contributed by atoms with van der Waals surface area (Å²) in [7, 11) is 0. The predicted molar refractivity (Wildman–Crippen MR) is 94.3 cm³/mol. The summed E-state index contributed by atoms with van der Waals surface area (Å²) in [6.45, 7) is 2.73. The Labute approximate surface area is 138 Å². The lowest BCUT2D eigenvalue weighted by Gasteiger charge is -2.24. The Hall–Kier alpha value is -2.33. The van der Waals surface area contributed by atoms with Crippen LogP contribution in [-0.4, -0.2) is 17.1 Å². The maximum atomic E-state index is 11.7. The van der Waals surface area contributed by atoms with Crippen molar-refractivity contribution in [2.24, 2.45) is 0 Å². The van der Waals surface area contributed by atoms with Crippen LogP contribution in [0.25, 0.3) is 10.1 Å². The minimum absolute atomic E-state index is 0.479. The van der Waals surface area contributed by atoms with Gasteiger partial charge in [-0.1, -0.05) is 35.9 Å². The third kappa shape index (κ3) is 2.39. The van der Waals surface area contributed by atoms with Crippen LogP contribution in [0, 0.1) is 6.92 Å². The summed E-state index contributed by atoms with van der Waals surface area (Å²) >= 11 is 1.72. The number of para-hydroxylation sites is 1. The summed E-state index contributed by atoms with van der Waals surface area (Å²) in [6.07, 6.45) is 0.576. The van der Waals surface area contributed by atoms with Gasteiger partial charge in [-0.05, 0) is 40.9 Å². The Morgan fingerprint density at radius 1 is 1.30 bits per heavy atom. The Morgan fingerprint density at radius 2 is 2.13 bits per heavy atom. The third-order valence-electron chi connectivity index (χ3n) is 4.53. The number of rotatable bonds is 3. The van der Waals surface area contributed by atoms with E-state index in [1.165, 1.54) is 21.2 Å². The molecule has 0 aliphatic carbocycles. The molecule has 0 amide bonds. The number of benzene rings is 2. The minimum Gasteiger partial charge on any atom is -0.480 e. The molecule has 2 heterocycles. The van der Waals surface area contributed by atoms with Crippen LogP contribution >= 0.6 is 11.3 Å². The molecule has 0 saturated carbocycles. The van der Waals surface area contributed by atoms with E-state index in [0.717, 1.165) is 11.3 Å². The zero-order valence-corrected chi connectivity index (χ0v) is 13.6. The number of fused-ring (bicyclic) bond motifs is 2. The molecule has 116 valence electrons. The molecule has 0 saturated heterocycles. The van der Waals surface area contributed by atoms with Crippen molar-refractivity contribution in [3.05, 3.63) is 64.5 Å². The molecule has 3 nitrogen and oxygen atoms in total. The van der Waals surface area contributed by atoms with E-state index in [0.29, 0.717) is 13.0 Å². The first kappa shape index (κ1) is 14.3. The van der Waals surface area contributed by atoms with Crippen molar-refractivity contribution < 1.29 is 9.90 Å².